The van der Waals surface area contributed by atoms with Crippen LogP contribution in [0.25, 0.3) is 0 Å². The van der Waals surface area contributed by atoms with Crippen molar-refractivity contribution in [3.05, 3.63) is 40.3 Å². The van der Waals surface area contributed by atoms with Crippen LogP contribution in [0.3, 0.4) is 0 Å². The van der Waals surface area contributed by atoms with E-state index < -0.39 is 0 Å². The maximum absolute atomic E-state index is 11.8. The van der Waals surface area contributed by atoms with Gasteiger partial charge in [0.1, 0.15) is 0 Å². The van der Waals surface area contributed by atoms with Crippen LogP contribution in [0.2, 0.25) is 0 Å². The lowest BCUT2D eigenvalue weighted by molar-refractivity contribution is -0.117. The molecule has 2 heterocycles. The highest BCUT2D eigenvalue weighted by molar-refractivity contribution is 7.09. The Kier molecular flexibility index (Phi) is 3.92. The molecule has 1 fully saturated rings. The number of benzene rings is 1. The minimum atomic E-state index is 0.210. The summed E-state index contributed by atoms with van der Waals surface area (Å²) in [5.74, 6) is 0.221. The normalized spacial score (nSPS) is 16.3. The molecule has 0 radical (unpaired) electrons. The van der Waals surface area contributed by atoms with E-state index in [9.17, 15) is 4.79 Å². The molecule has 21 heavy (non-hydrogen) atoms. The van der Waals surface area contributed by atoms with Gasteiger partial charge in [0.2, 0.25) is 5.91 Å². The number of aryl methyl sites for hydroxylation is 1. The van der Waals surface area contributed by atoms with Crippen LogP contribution in [0.5, 0.6) is 0 Å². The molecule has 1 N–H and O–H groups in total. The first kappa shape index (κ1) is 14.1. The maximum Gasteiger partial charge on any atom is 0.227 e. The number of amides is 1. The van der Waals surface area contributed by atoms with Crippen molar-refractivity contribution in [2.75, 3.05) is 16.8 Å². The van der Waals surface area contributed by atoms with Gasteiger partial charge in [-0.25, -0.2) is 4.98 Å². The zero-order chi connectivity index (χ0) is 14.8. The average Bonchev–Trinajstić information content (AvgIpc) is 3.07. The Balaban J connectivity index is 1.77. The molecule has 1 atom stereocenters. The fourth-order valence-electron chi connectivity index (χ4n) is 2.73. The van der Waals surface area contributed by atoms with Gasteiger partial charge in [-0.05, 0) is 38.5 Å². The van der Waals surface area contributed by atoms with Crippen LogP contribution in [0.15, 0.2) is 29.8 Å². The van der Waals surface area contributed by atoms with Crippen LogP contribution >= 0.6 is 11.3 Å². The second-order valence-electron chi connectivity index (χ2n) is 5.37. The van der Waals surface area contributed by atoms with Gasteiger partial charge in [-0.3, -0.25) is 4.79 Å². The van der Waals surface area contributed by atoms with E-state index in [0.29, 0.717) is 6.42 Å². The van der Waals surface area contributed by atoms with Gasteiger partial charge in [0.25, 0.3) is 0 Å². The Morgan fingerprint density at radius 2 is 2.29 bits per heavy atom. The number of rotatable bonds is 4. The summed E-state index contributed by atoms with van der Waals surface area (Å²) in [6, 6.07) is 8.29. The number of thiazole rings is 1. The summed E-state index contributed by atoms with van der Waals surface area (Å²) in [4.78, 5) is 19.3. The third-order valence-electron chi connectivity index (χ3n) is 3.79. The van der Waals surface area contributed by atoms with Gasteiger partial charge < -0.3 is 10.2 Å². The second kappa shape index (κ2) is 5.85. The van der Waals surface area contributed by atoms with Crippen molar-refractivity contribution in [1.29, 1.82) is 0 Å². The highest BCUT2D eigenvalue weighted by Crippen LogP contribution is 2.28. The lowest BCUT2D eigenvalue weighted by atomic mass is 10.2. The zero-order valence-corrected chi connectivity index (χ0v) is 13.1. The van der Waals surface area contributed by atoms with Crippen LogP contribution in [0.1, 0.15) is 36.4 Å². The van der Waals surface area contributed by atoms with Crippen LogP contribution in [0, 0.1) is 6.92 Å². The smallest absolute Gasteiger partial charge is 0.227 e. The largest absolute Gasteiger partial charge is 0.378 e. The summed E-state index contributed by atoms with van der Waals surface area (Å²) in [6.07, 6.45) is 1.61. The Labute approximate surface area is 128 Å². The summed E-state index contributed by atoms with van der Waals surface area (Å²) >= 11 is 1.67. The molecule has 0 aliphatic carbocycles. The molecule has 1 aliphatic rings. The van der Waals surface area contributed by atoms with Crippen molar-refractivity contribution in [2.24, 2.45) is 0 Å². The Bertz CT molecular complexity index is 652. The van der Waals surface area contributed by atoms with Gasteiger partial charge in [-0.2, -0.15) is 0 Å². The predicted octanol–water partition coefficient (Wildman–Crippen LogP) is 3.75. The number of carbonyl (C=O) groups is 1. The molecular weight excluding hydrogens is 282 g/mol. The minimum Gasteiger partial charge on any atom is -0.378 e. The first-order valence-electron chi connectivity index (χ1n) is 7.22. The van der Waals surface area contributed by atoms with Crippen molar-refractivity contribution in [2.45, 2.75) is 32.7 Å². The first-order chi connectivity index (χ1) is 10.1. The molecule has 1 unspecified atom stereocenters. The first-order valence-corrected chi connectivity index (χ1v) is 8.10. The third kappa shape index (κ3) is 2.93. The SMILES string of the molecule is Cc1ncsc1C(C)Nc1cccc(N2CCCC2=O)c1. The van der Waals surface area contributed by atoms with Crippen LogP contribution < -0.4 is 10.2 Å². The summed E-state index contributed by atoms with van der Waals surface area (Å²) < 4.78 is 0. The highest BCUT2D eigenvalue weighted by Gasteiger charge is 2.21. The van der Waals surface area contributed by atoms with Crippen molar-refractivity contribution >= 4 is 28.6 Å². The van der Waals surface area contributed by atoms with Crippen LogP contribution in [-0.2, 0) is 4.79 Å². The molecule has 110 valence electrons. The molecule has 1 aromatic heterocycles. The third-order valence-corrected chi connectivity index (χ3v) is 4.90. The number of hydrogen-bond donors (Lipinski definition) is 1. The van der Waals surface area contributed by atoms with Crippen molar-refractivity contribution in [3.63, 3.8) is 0 Å². The van der Waals surface area contributed by atoms with E-state index in [1.807, 2.05) is 35.5 Å². The van der Waals surface area contributed by atoms with Crippen molar-refractivity contribution in [1.82, 2.24) is 4.98 Å². The minimum absolute atomic E-state index is 0.210. The van der Waals surface area contributed by atoms with Gasteiger partial charge in [0.15, 0.2) is 0 Å². The fraction of sp³-hybridized carbons (Fsp3) is 0.375. The maximum atomic E-state index is 11.8. The monoisotopic (exact) mass is 301 g/mol. The summed E-state index contributed by atoms with van der Waals surface area (Å²) in [7, 11) is 0. The van der Waals surface area contributed by atoms with Crippen molar-refractivity contribution in [3.8, 4) is 0 Å². The molecule has 0 saturated carbocycles. The standard InChI is InChI=1S/C16H19N3OS/c1-11-16(21-10-17-11)12(2)18-13-5-3-6-14(9-13)19-8-4-7-15(19)20/h3,5-6,9-10,12,18H,4,7-8H2,1-2H3. The number of nitrogens with zero attached hydrogens (tertiary/aromatic N) is 2. The molecule has 5 heteroatoms. The number of anilines is 2. The van der Waals surface area contributed by atoms with Gasteiger partial charge in [0.05, 0.1) is 17.2 Å². The predicted molar refractivity (Wildman–Crippen MR) is 86.9 cm³/mol. The Morgan fingerprint density at radius 3 is 2.95 bits per heavy atom. The number of nitrogens with one attached hydrogen (secondary N) is 1. The van der Waals surface area contributed by atoms with E-state index in [2.05, 4.69) is 23.3 Å². The number of aromatic nitrogens is 1. The van der Waals surface area contributed by atoms with E-state index >= 15 is 0 Å². The Hall–Kier alpha value is -1.88. The van der Waals surface area contributed by atoms with Gasteiger partial charge >= 0.3 is 0 Å². The Morgan fingerprint density at radius 1 is 1.43 bits per heavy atom. The quantitative estimate of drug-likeness (QED) is 0.935. The molecule has 1 saturated heterocycles. The van der Waals surface area contributed by atoms with E-state index in [4.69, 9.17) is 0 Å². The van der Waals surface area contributed by atoms with Gasteiger partial charge in [0, 0.05) is 29.2 Å². The summed E-state index contributed by atoms with van der Waals surface area (Å²) in [5, 5.41) is 3.50. The molecule has 4 nitrogen and oxygen atoms in total. The van der Waals surface area contributed by atoms with Gasteiger partial charge in [-0.15, -0.1) is 11.3 Å². The lowest BCUT2D eigenvalue weighted by Crippen LogP contribution is -2.23. The molecule has 2 aromatic rings. The summed E-state index contributed by atoms with van der Waals surface area (Å²) in [6.45, 7) is 4.99. The van der Waals surface area contributed by atoms with Crippen LogP contribution in [0.4, 0.5) is 11.4 Å². The molecule has 0 spiro atoms. The number of carbonyl (C=O) groups excluding carboxylic acids is 1. The van der Waals surface area contributed by atoms with E-state index in [1.54, 1.807) is 11.3 Å². The average molecular weight is 301 g/mol. The molecular formula is C16H19N3OS. The number of hydrogen-bond acceptors (Lipinski definition) is 4. The second-order valence-corrected chi connectivity index (χ2v) is 6.25. The van der Waals surface area contributed by atoms with Gasteiger partial charge in [-0.1, -0.05) is 6.07 Å². The van der Waals surface area contributed by atoms with Crippen LogP contribution in [-0.4, -0.2) is 17.4 Å². The molecule has 1 amide bonds. The summed E-state index contributed by atoms with van der Waals surface area (Å²) in [5.41, 5.74) is 4.97. The van der Waals surface area contributed by atoms with Crippen molar-refractivity contribution < 1.29 is 4.79 Å². The molecule has 0 bridgehead atoms. The topological polar surface area (TPSA) is 45.2 Å². The van der Waals surface area contributed by atoms with E-state index in [1.165, 1.54) is 4.88 Å². The molecule has 3 rings (SSSR count). The zero-order valence-electron chi connectivity index (χ0n) is 12.3. The lowest BCUT2D eigenvalue weighted by Gasteiger charge is -2.19. The molecule has 1 aliphatic heterocycles. The highest BCUT2D eigenvalue weighted by atomic mass is 32.1. The van der Waals surface area contributed by atoms with E-state index in [0.717, 1.165) is 30.0 Å². The fourth-order valence-corrected chi connectivity index (χ4v) is 3.54. The molecule has 1 aromatic carbocycles. The van der Waals surface area contributed by atoms with E-state index in [-0.39, 0.29) is 11.9 Å².